The van der Waals surface area contributed by atoms with Crippen LogP contribution in [0.2, 0.25) is 0 Å². The maximum absolute atomic E-state index is 12.4. The van der Waals surface area contributed by atoms with Gasteiger partial charge in [-0.3, -0.25) is 0 Å². The average Bonchev–Trinajstić information content (AvgIpc) is 2.54. The van der Waals surface area contributed by atoms with Crippen molar-refractivity contribution in [1.29, 1.82) is 0 Å². The third-order valence-corrected chi connectivity index (χ3v) is 3.75. The second-order valence-corrected chi connectivity index (χ2v) is 5.07. The second kappa shape index (κ2) is 7.20. The summed E-state index contributed by atoms with van der Waals surface area (Å²) in [6, 6.07) is 3.24. The lowest BCUT2D eigenvalue weighted by molar-refractivity contribution is 0.0207. The van der Waals surface area contributed by atoms with Crippen LogP contribution in [0.1, 0.15) is 42.5 Å². The number of benzene rings is 1. The van der Waals surface area contributed by atoms with Gasteiger partial charge in [-0.15, -0.1) is 0 Å². The highest BCUT2D eigenvalue weighted by molar-refractivity contribution is 5.93. The monoisotopic (exact) mass is 294 g/mol. The number of ether oxygens (including phenoxy) is 4. The van der Waals surface area contributed by atoms with Crippen molar-refractivity contribution in [1.82, 2.24) is 0 Å². The van der Waals surface area contributed by atoms with Gasteiger partial charge in [0.15, 0.2) is 11.5 Å². The van der Waals surface area contributed by atoms with Gasteiger partial charge in [-0.2, -0.15) is 0 Å². The molecule has 0 heterocycles. The van der Waals surface area contributed by atoms with Gasteiger partial charge >= 0.3 is 5.97 Å². The van der Waals surface area contributed by atoms with Crippen LogP contribution in [0.3, 0.4) is 0 Å². The van der Waals surface area contributed by atoms with Gasteiger partial charge in [0.05, 0.1) is 21.3 Å². The molecule has 5 heteroatoms. The summed E-state index contributed by atoms with van der Waals surface area (Å²) in [6.45, 7) is 0. The van der Waals surface area contributed by atoms with Crippen LogP contribution in [-0.2, 0) is 4.74 Å². The van der Waals surface area contributed by atoms with Crippen molar-refractivity contribution in [2.24, 2.45) is 0 Å². The van der Waals surface area contributed by atoms with E-state index in [1.54, 1.807) is 12.1 Å². The number of hydrogen-bond donors (Lipinski definition) is 0. The number of rotatable bonds is 5. The highest BCUT2D eigenvalue weighted by Crippen LogP contribution is 2.35. The first-order chi connectivity index (χ1) is 10.2. The maximum Gasteiger partial charge on any atom is 0.342 e. The number of esters is 1. The van der Waals surface area contributed by atoms with Crippen molar-refractivity contribution < 1.29 is 23.7 Å². The van der Waals surface area contributed by atoms with Crippen molar-refractivity contribution >= 4 is 5.97 Å². The molecular formula is C16H22O5. The minimum absolute atomic E-state index is 0.00375. The molecule has 1 aromatic rings. The Morgan fingerprint density at radius 2 is 1.48 bits per heavy atom. The normalized spacial score (nSPS) is 15.4. The molecule has 0 amide bonds. The zero-order valence-corrected chi connectivity index (χ0v) is 12.8. The van der Waals surface area contributed by atoms with Crippen molar-refractivity contribution in [3.8, 4) is 17.2 Å². The molecule has 0 bridgehead atoms. The predicted molar refractivity (Wildman–Crippen MR) is 78.4 cm³/mol. The third kappa shape index (κ3) is 3.60. The third-order valence-electron chi connectivity index (χ3n) is 3.75. The van der Waals surface area contributed by atoms with Crippen LogP contribution in [0.25, 0.3) is 0 Å². The van der Waals surface area contributed by atoms with Gasteiger partial charge in [0.1, 0.15) is 17.4 Å². The van der Waals surface area contributed by atoms with E-state index in [9.17, 15) is 4.79 Å². The molecule has 1 saturated carbocycles. The molecule has 1 aromatic carbocycles. The number of hydrogen-bond acceptors (Lipinski definition) is 5. The Labute approximate surface area is 125 Å². The molecule has 0 radical (unpaired) electrons. The van der Waals surface area contributed by atoms with Crippen molar-refractivity contribution in [3.63, 3.8) is 0 Å². The van der Waals surface area contributed by atoms with E-state index >= 15 is 0 Å². The molecule has 0 N–H and O–H groups in total. The second-order valence-electron chi connectivity index (χ2n) is 5.07. The summed E-state index contributed by atoms with van der Waals surface area (Å²) < 4.78 is 21.3. The molecule has 0 spiro atoms. The van der Waals surface area contributed by atoms with Crippen LogP contribution >= 0.6 is 0 Å². The molecule has 116 valence electrons. The fourth-order valence-corrected chi connectivity index (χ4v) is 2.59. The molecule has 0 unspecified atom stereocenters. The summed E-state index contributed by atoms with van der Waals surface area (Å²) in [7, 11) is 4.58. The van der Waals surface area contributed by atoms with E-state index in [-0.39, 0.29) is 12.1 Å². The van der Waals surface area contributed by atoms with Crippen LogP contribution < -0.4 is 14.2 Å². The van der Waals surface area contributed by atoms with Gasteiger partial charge < -0.3 is 18.9 Å². The van der Waals surface area contributed by atoms with E-state index in [1.807, 2.05) is 0 Å². The number of carbonyl (C=O) groups excluding carboxylic acids is 1. The average molecular weight is 294 g/mol. The van der Waals surface area contributed by atoms with Crippen LogP contribution in [-0.4, -0.2) is 33.4 Å². The highest BCUT2D eigenvalue weighted by atomic mass is 16.5. The first-order valence-corrected chi connectivity index (χ1v) is 7.20. The van der Waals surface area contributed by atoms with Gasteiger partial charge in [-0.25, -0.2) is 4.79 Å². The molecule has 0 saturated heterocycles. The van der Waals surface area contributed by atoms with E-state index in [2.05, 4.69) is 0 Å². The van der Waals surface area contributed by atoms with Crippen molar-refractivity contribution in [2.45, 2.75) is 38.2 Å². The molecule has 0 aliphatic heterocycles. The highest BCUT2D eigenvalue weighted by Gasteiger charge is 2.23. The Kier molecular flexibility index (Phi) is 5.31. The summed E-state index contributed by atoms with van der Waals surface area (Å²) in [5.74, 6) is 1.05. The molecular weight excluding hydrogens is 272 g/mol. The summed E-state index contributed by atoms with van der Waals surface area (Å²) in [6.07, 6.45) is 5.31. The van der Waals surface area contributed by atoms with E-state index in [1.165, 1.54) is 27.8 Å². The van der Waals surface area contributed by atoms with Crippen molar-refractivity contribution in [3.05, 3.63) is 17.7 Å². The van der Waals surface area contributed by atoms with Gasteiger partial charge in [0, 0.05) is 12.1 Å². The lowest BCUT2D eigenvalue weighted by Crippen LogP contribution is -2.21. The minimum atomic E-state index is -0.375. The van der Waals surface area contributed by atoms with E-state index in [4.69, 9.17) is 18.9 Å². The molecule has 0 aromatic heterocycles. The van der Waals surface area contributed by atoms with E-state index in [0.29, 0.717) is 22.8 Å². The van der Waals surface area contributed by atoms with E-state index in [0.717, 1.165) is 25.7 Å². The van der Waals surface area contributed by atoms with Crippen LogP contribution in [0.4, 0.5) is 0 Å². The number of carbonyl (C=O) groups is 1. The Morgan fingerprint density at radius 3 is 2.05 bits per heavy atom. The Morgan fingerprint density at radius 1 is 0.905 bits per heavy atom. The molecule has 0 atom stereocenters. The van der Waals surface area contributed by atoms with Gasteiger partial charge in [-0.05, 0) is 25.7 Å². The zero-order valence-electron chi connectivity index (χ0n) is 12.8. The molecule has 1 fully saturated rings. The molecule has 1 aliphatic carbocycles. The van der Waals surface area contributed by atoms with Crippen LogP contribution in [0, 0.1) is 0 Å². The summed E-state index contributed by atoms with van der Waals surface area (Å²) in [5.41, 5.74) is 0.362. The lowest BCUT2D eigenvalue weighted by Gasteiger charge is -2.22. The smallest absolute Gasteiger partial charge is 0.342 e. The Bertz CT molecular complexity index is 492. The van der Waals surface area contributed by atoms with Crippen LogP contribution in [0.5, 0.6) is 17.2 Å². The maximum atomic E-state index is 12.4. The standard InChI is InChI=1S/C16H22O5/c1-18-13-10-15(20-3)14(19-2)9-12(13)16(17)21-11-7-5-4-6-8-11/h9-11H,4-8H2,1-3H3. The predicted octanol–water partition coefficient (Wildman–Crippen LogP) is 3.20. The Balaban J connectivity index is 2.21. The zero-order chi connectivity index (χ0) is 15.2. The first-order valence-electron chi connectivity index (χ1n) is 7.20. The minimum Gasteiger partial charge on any atom is -0.496 e. The SMILES string of the molecule is COc1cc(OC)c(C(=O)OC2CCCCC2)cc1OC. The van der Waals surface area contributed by atoms with Crippen LogP contribution in [0.15, 0.2) is 12.1 Å². The summed E-state index contributed by atoms with van der Waals surface area (Å²) in [4.78, 5) is 12.4. The largest absolute Gasteiger partial charge is 0.496 e. The quantitative estimate of drug-likeness (QED) is 0.781. The molecule has 2 rings (SSSR count). The van der Waals surface area contributed by atoms with Gasteiger partial charge in [0.2, 0.25) is 0 Å². The molecule has 21 heavy (non-hydrogen) atoms. The van der Waals surface area contributed by atoms with E-state index < -0.39 is 0 Å². The van der Waals surface area contributed by atoms with Crippen molar-refractivity contribution in [2.75, 3.05) is 21.3 Å². The van der Waals surface area contributed by atoms with Gasteiger partial charge in [0.25, 0.3) is 0 Å². The fourth-order valence-electron chi connectivity index (χ4n) is 2.59. The summed E-state index contributed by atoms with van der Waals surface area (Å²) in [5, 5.41) is 0. The topological polar surface area (TPSA) is 54.0 Å². The summed E-state index contributed by atoms with van der Waals surface area (Å²) >= 11 is 0. The lowest BCUT2D eigenvalue weighted by atomic mass is 9.98. The number of methoxy groups -OCH3 is 3. The Hall–Kier alpha value is -1.91. The fraction of sp³-hybridized carbons (Fsp3) is 0.562. The molecule has 5 nitrogen and oxygen atoms in total. The van der Waals surface area contributed by atoms with Gasteiger partial charge in [-0.1, -0.05) is 6.42 Å². The first kappa shape index (κ1) is 15.5. The molecule has 1 aliphatic rings.